The molecular formula is C14H12F6N2O2. The summed E-state index contributed by atoms with van der Waals surface area (Å²) >= 11 is 0. The highest BCUT2D eigenvalue weighted by molar-refractivity contribution is 5.78. The van der Waals surface area contributed by atoms with Crippen molar-refractivity contribution in [1.29, 1.82) is 0 Å². The molecule has 1 aromatic rings. The van der Waals surface area contributed by atoms with E-state index >= 15 is 0 Å². The van der Waals surface area contributed by atoms with Gasteiger partial charge in [-0.2, -0.15) is 26.3 Å². The number of aliphatic hydroxyl groups is 2. The van der Waals surface area contributed by atoms with Crippen molar-refractivity contribution in [2.75, 3.05) is 5.73 Å². The summed E-state index contributed by atoms with van der Waals surface area (Å²) in [5, 5.41) is 19.2. The van der Waals surface area contributed by atoms with Crippen molar-refractivity contribution in [3.8, 4) is 0 Å². The van der Waals surface area contributed by atoms with Gasteiger partial charge < -0.3 is 15.9 Å². The Morgan fingerprint density at radius 1 is 1.04 bits per heavy atom. The molecule has 4 nitrogen and oxygen atoms in total. The second-order valence-electron chi connectivity index (χ2n) is 5.32. The van der Waals surface area contributed by atoms with E-state index in [1.54, 1.807) is 0 Å². The number of hydrogen-bond donors (Lipinski definition) is 4. The summed E-state index contributed by atoms with van der Waals surface area (Å²) in [4.78, 5) is 0. The number of halogens is 6. The number of benzene rings is 1. The van der Waals surface area contributed by atoms with E-state index < -0.39 is 52.5 Å². The standard InChI is InChI=1S/C14H12F6N2O2/c15-13(16,17)9-3-6(21)1-2-7(9)8-5-12(22,24)11(23)4-10(8)14(18,19)20/h1-4,23-24H,5,21-22H2. The lowest BCUT2D eigenvalue weighted by Crippen LogP contribution is -2.44. The highest BCUT2D eigenvalue weighted by Crippen LogP contribution is 2.45. The van der Waals surface area contributed by atoms with Gasteiger partial charge in [0.15, 0.2) is 5.72 Å². The Morgan fingerprint density at radius 2 is 1.62 bits per heavy atom. The van der Waals surface area contributed by atoms with Crippen molar-refractivity contribution in [2.45, 2.75) is 24.5 Å². The zero-order valence-electron chi connectivity index (χ0n) is 11.8. The van der Waals surface area contributed by atoms with E-state index in [4.69, 9.17) is 11.5 Å². The monoisotopic (exact) mass is 354 g/mol. The van der Waals surface area contributed by atoms with Crippen LogP contribution in [-0.2, 0) is 6.18 Å². The van der Waals surface area contributed by atoms with Crippen LogP contribution in [-0.4, -0.2) is 22.1 Å². The van der Waals surface area contributed by atoms with Crippen molar-refractivity contribution in [1.82, 2.24) is 0 Å². The average Bonchev–Trinajstić information content (AvgIpc) is 2.39. The molecule has 0 aliphatic heterocycles. The van der Waals surface area contributed by atoms with Gasteiger partial charge in [0.05, 0.1) is 11.1 Å². The number of hydrogen-bond acceptors (Lipinski definition) is 4. The number of rotatable bonds is 1. The molecule has 0 fully saturated rings. The summed E-state index contributed by atoms with van der Waals surface area (Å²) in [7, 11) is 0. The lowest BCUT2D eigenvalue weighted by molar-refractivity contribution is -0.137. The van der Waals surface area contributed by atoms with Crippen molar-refractivity contribution < 1.29 is 36.6 Å². The van der Waals surface area contributed by atoms with Crippen LogP contribution in [0.25, 0.3) is 5.57 Å². The summed E-state index contributed by atoms with van der Waals surface area (Å²) in [5.41, 5.74) is 3.01. The maximum Gasteiger partial charge on any atom is 0.417 e. The first-order chi connectivity index (χ1) is 10.7. The quantitative estimate of drug-likeness (QED) is 0.354. The van der Waals surface area contributed by atoms with Gasteiger partial charge in [0.2, 0.25) is 0 Å². The third-order valence-corrected chi connectivity index (χ3v) is 3.48. The lowest BCUT2D eigenvalue weighted by atomic mass is 9.84. The molecular weight excluding hydrogens is 342 g/mol. The van der Waals surface area contributed by atoms with Crippen LogP contribution in [0.2, 0.25) is 0 Å². The maximum atomic E-state index is 13.2. The Morgan fingerprint density at radius 3 is 2.12 bits per heavy atom. The molecule has 1 aliphatic carbocycles. The van der Waals surface area contributed by atoms with Crippen LogP contribution in [0, 0.1) is 0 Å². The first-order valence-corrected chi connectivity index (χ1v) is 6.43. The molecule has 1 aromatic carbocycles. The smallest absolute Gasteiger partial charge is 0.417 e. The molecule has 0 bridgehead atoms. The molecule has 2 rings (SSSR count). The lowest BCUT2D eigenvalue weighted by Gasteiger charge is -2.31. The predicted octanol–water partition coefficient (Wildman–Crippen LogP) is 3.10. The van der Waals surface area contributed by atoms with Crippen LogP contribution in [0.3, 0.4) is 0 Å². The van der Waals surface area contributed by atoms with Crippen molar-refractivity contribution in [3.05, 3.63) is 46.7 Å². The van der Waals surface area contributed by atoms with E-state index in [-0.39, 0.29) is 11.8 Å². The summed E-state index contributed by atoms with van der Waals surface area (Å²) in [6.07, 6.45) is -11.0. The molecule has 24 heavy (non-hydrogen) atoms. The Balaban J connectivity index is 2.81. The number of alkyl halides is 6. The highest BCUT2D eigenvalue weighted by Gasteiger charge is 2.45. The zero-order valence-corrected chi connectivity index (χ0v) is 11.8. The van der Waals surface area contributed by atoms with Crippen LogP contribution in [0.1, 0.15) is 17.5 Å². The number of nitrogens with two attached hydrogens (primary N) is 2. The Hall–Kier alpha value is -2.20. The number of allylic oxidation sites excluding steroid dienone is 2. The maximum absolute atomic E-state index is 13.2. The fourth-order valence-corrected chi connectivity index (χ4v) is 2.36. The molecule has 1 atom stereocenters. The minimum atomic E-state index is -5.07. The molecule has 0 saturated carbocycles. The molecule has 10 heteroatoms. The average molecular weight is 354 g/mol. The molecule has 1 aliphatic rings. The van der Waals surface area contributed by atoms with Gasteiger partial charge in [0, 0.05) is 12.1 Å². The van der Waals surface area contributed by atoms with E-state index in [0.717, 1.165) is 12.1 Å². The highest BCUT2D eigenvalue weighted by atomic mass is 19.4. The number of nitrogen functional groups attached to an aromatic ring is 1. The molecule has 1 unspecified atom stereocenters. The van der Waals surface area contributed by atoms with Gasteiger partial charge in [0.25, 0.3) is 0 Å². The van der Waals surface area contributed by atoms with Crippen molar-refractivity contribution in [2.24, 2.45) is 5.73 Å². The molecule has 0 amide bonds. The molecule has 0 aromatic heterocycles. The van der Waals surface area contributed by atoms with Crippen molar-refractivity contribution >= 4 is 11.3 Å². The van der Waals surface area contributed by atoms with Gasteiger partial charge >= 0.3 is 12.4 Å². The van der Waals surface area contributed by atoms with Gasteiger partial charge in [0.1, 0.15) is 5.76 Å². The van der Waals surface area contributed by atoms with E-state index in [9.17, 15) is 36.6 Å². The molecule has 0 heterocycles. The molecule has 132 valence electrons. The first kappa shape index (κ1) is 18.1. The molecule has 0 radical (unpaired) electrons. The first-order valence-electron chi connectivity index (χ1n) is 6.43. The molecule has 0 saturated heterocycles. The van der Waals surface area contributed by atoms with Gasteiger partial charge in [-0.05, 0) is 29.3 Å². The third kappa shape index (κ3) is 3.34. The zero-order chi connectivity index (χ0) is 18.5. The van der Waals surface area contributed by atoms with Crippen LogP contribution in [0.4, 0.5) is 32.0 Å². The van der Waals surface area contributed by atoms with Gasteiger partial charge in [-0.3, -0.25) is 5.73 Å². The molecule has 6 N–H and O–H groups in total. The fourth-order valence-electron chi connectivity index (χ4n) is 2.36. The largest absolute Gasteiger partial charge is 0.508 e. The minimum Gasteiger partial charge on any atom is -0.508 e. The third-order valence-electron chi connectivity index (χ3n) is 3.48. The Bertz CT molecular complexity index is 732. The Labute approximate surface area is 131 Å². The normalized spacial score (nSPS) is 22.6. The summed E-state index contributed by atoms with van der Waals surface area (Å²) < 4.78 is 79.0. The summed E-state index contributed by atoms with van der Waals surface area (Å²) in [6, 6.07) is 2.26. The summed E-state index contributed by atoms with van der Waals surface area (Å²) in [6.45, 7) is 0. The van der Waals surface area contributed by atoms with Gasteiger partial charge in [-0.25, -0.2) is 0 Å². The molecule has 0 spiro atoms. The minimum absolute atomic E-state index is 0.120. The number of anilines is 1. The van der Waals surface area contributed by atoms with E-state index in [2.05, 4.69) is 0 Å². The second kappa shape index (κ2) is 5.42. The predicted molar refractivity (Wildman–Crippen MR) is 73.3 cm³/mol. The van der Waals surface area contributed by atoms with Crippen LogP contribution < -0.4 is 11.5 Å². The van der Waals surface area contributed by atoms with E-state index in [0.29, 0.717) is 6.07 Å². The van der Waals surface area contributed by atoms with E-state index in [1.165, 1.54) is 0 Å². The van der Waals surface area contributed by atoms with Crippen LogP contribution in [0.15, 0.2) is 35.6 Å². The topological polar surface area (TPSA) is 92.5 Å². The van der Waals surface area contributed by atoms with Crippen LogP contribution >= 0.6 is 0 Å². The second-order valence-corrected chi connectivity index (χ2v) is 5.32. The summed E-state index contributed by atoms with van der Waals surface area (Å²) in [5.74, 6) is -1.19. The SMILES string of the molecule is Nc1ccc(C2=C(C(F)(F)F)C=C(O)C(N)(O)C2)c(C(F)(F)F)c1. The Kier molecular flexibility index (Phi) is 4.09. The van der Waals surface area contributed by atoms with Gasteiger partial charge in [-0.1, -0.05) is 6.07 Å². The van der Waals surface area contributed by atoms with Crippen molar-refractivity contribution in [3.63, 3.8) is 0 Å². The van der Waals surface area contributed by atoms with Gasteiger partial charge in [-0.15, -0.1) is 0 Å². The fraction of sp³-hybridized carbons (Fsp3) is 0.286. The van der Waals surface area contributed by atoms with E-state index in [1.807, 2.05) is 0 Å². The number of aliphatic hydroxyl groups excluding tert-OH is 1. The van der Waals surface area contributed by atoms with Crippen LogP contribution in [0.5, 0.6) is 0 Å².